The van der Waals surface area contributed by atoms with Crippen LogP contribution >= 0.6 is 0 Å². The first kappa shape index (κ1) is 26.6. The molecule has 2 nitrogen and oxygen atoms in total. The van der Waals surface area contributed by atoms with Crippen LogP contribution in [0.5, 0.6) is 0 Å². The molecule has 0 aromatic rings. The molecule has 3 atom stereocenters. The summed E-state index contributed by atoms with van der Waals surface area (Å²) in [4.78, 5) is 0. The van der Waals surface area contributed by atoms with Gasteiger partial charge in [0.15, 0.2) is 8.32 Å². The lowest BCUT2D eigenvalue weighted by Gasteiger charge is -2.51. The maximum Gasteiger partial charge on any atom is 0.213 e. The monoisotopic (exact) mass is 418 g/mol. The smallest absolute Gasteiger partial charge is 0.213 e. The Hall–Kier alpha value is 0.571. The lowest BCUT2D eigenvalue weighted by molar-refractivity contribution is 0.119. The molecule has 0 aliphatic carbocycles. The Morgan fingerprint density at radius 2 is 1.27 bits per heavy atom. The van der Waals surface area contributed by atoms with E-state index in [-0.39, 0.29) is 16.0 Å². The van der Waals surface area contributed by atoms with Gasteiger partial charge in [0, 0.05) is 5.22 Å². The molecule has 5 heteroatoms. The Kier molecular flexibility index (Phi) is 9.13. The van der Waals surface area contributed by atoms with Gasteiger partial charge in [-0.25, -0.2) is 0 Å². The van der Waals surface area contributed by atoms with E-state index in [1.807, 2.05) is 0 Å². The Bertz CT molecular complexity index is 447. The van der Waals surface area contributed by atoms with Gasteiger partial charge in [0.05, 0.1) is 13.8 Å². The number of hydrogen-bond acceptors (Lipinski definition) is 2. The summed E-state index contributed by atoms with van der Waals surface area (Å²) in [6, 6.07) is 0. The molecule has 3 unspecified atom stereocenters. The third-order valence-electron chi connectivity index (χ3n) is 8.33. The molecular weight excluding hydrogens is 368 g/mol. The maximum atomic E-state index is 7.11. The average molecular weight is 419 g/mol. The highest BCUT2D eigenvalue weighted by Crippen LogP contribution is 2.44. The van der Waals surface area contributed by atoms with Crippen molar-refractivity contribution < 1.29 is 8.85 Å². The van der Waals surface area contributed by atoms with E-state index in [2.05, 4.69) is 94.7 Å². The fourth-order valence-electron chi connectivity index (χ4n) is 3.52. The highest BCUT2D eigenvalue weighted by molar-refractivity contribution is 6.83. The highest BCUT2D eigenvalue weighted by atomic mass is 28.4. The van der Waals surface area contributed by atoms with Crippen molar-refractivity contribution in [3.05, 3.63) is 0 Å². The second-order valence-corrected chi connectivity index (χ2v) is 25.1. The van der Waals surface area contributed by atoms with Gasteiger partial charge >= 0.3 is 0 Å². The summed E-state index contributed by atoms with van der Waals surface area (Å²) in [7, 11) is -5.33. The van der Waals surface area contributed by atoms with Crippen LogP contribution in [0.1, 0.15) is 74.7 Å². The van der Waals surface area contributed by atoms with Gasteiger partial charge in [-0.05, 0) is 57.0 Å². The van der Waals surface area contributed by atoms with E-state index < -0.39 is 24.7 Å². The van der Waals surface area contributed by atoms with Crippen LogP contribution in [0.25, 0.3) is 0 Å². The first-order valence-electron chi connectivity index (χ1n) is 10.8. The quantitative estimate of drug-likeness (QED) is 0.319. The van der Waals surface area contributed by atoms with Crippen molar-refractivity contribution in [3.63, 3.8) is 0 Å². The Balaban J connectivity index is 5.55. The third-order valence-corrected chi connectivity index (χ3v) is 22.4. The molecular formula is C21H50O2Si3. The van der Waals surface area contributed by atoms with E-state index in [4.69, 9.17) is 8.85 Å². The molecule has 0 saturated heterocycles. The molecule has 0 rings (SSSR count). The Labute approximate surface area is 169 Å². The van der Waals surface area contributed by atoms with Crippen LogP contribution in [0.4, 0.5) is 0 Å². The summed E-state index contributed by atoms with van der Waals surface area (Å²) in [6.45, 7) is 33.3. The summed E-state index contributed by atoms with van der Waals surface area (Å²) in [5, 5.41) is 0.298. The predicted octanol–water partition coefficient (Wildman–Crippen LogP) is 7.76. The normalized spacial score (nSPS) is 19.2. The van der Waals surface area contributed by atoms with Crippen LogP contribution in [0.15, 0.2) is 0 Å². The minimum Gasteiger partial charge on any atom is -0.414 e. The second kappa shape index (κ2) is 8.93. The first-order chi connectivity index (χ1) is 11.4. The van der Waals surface area contributed by atoms with Crippen molar-refractivity contribution in [1.29, 1.82) is 0 Å². The van der Waals surface area contributed by atoms with Gasteiger partial charge in [-0.1, -0.05) is 67.5 Å². The van der Waals surface area contributed by atoms with Crippen LogP contribution in [-0.2, 0) is 8.85 Å². The van der Waals surface area contributed by atoms with Gasteiger partial charge in [-0.3, -0.25) is 0 Å². The molecule has 0 aromatic heterocycles. The van der Waals surface area contributed by atoms with Gasteiger partial charge in [0.1, 0.15) is 0 Å². The van der Waals surface area contributed by atoms with E-state index >= 15 is 0 Å². The summed E-state index contributed by atoms with van der Waals surface area (Å²) >= 11 is 0. The SMILES string of the molecule is CCC(C)[Si](C)(C)C(C)(CC)O[Si](C)(C)C(C)O[Si](C)(C)C(C)(C)CC. The van der Waals surface area contributed by atoms with Gasteiger partial charge in [-0.15, -0.1) is 0 Å². The summed E-state index contributed by atoms with van der Waals surface area (Å²) < 4.78 is 14.0. The van der Waals surface area contributed by atoms with Crippen molar-refractivity contribution >= 4 is 24.7 Å². The standard InChI is InChI=1S/C21H50O2Si3/c1-15-18(4)24(9,10)21(8,17-3)23-25(11,12)19(5)22-26(13,14)20(6,7)16-2/h18-19H,15-17H2,1-14H3. The van der Waals surface area contributed by atoms with Crippen LogP contribution < -0.4 is 0 Å². The molecule has 0 aromatic carbocycles. The molecule has 0 aliphatic heterocycles. The fraction of sp³-hybridized carbons (Fsp3) is 1.00. The van der Waals surface area contributed by atoms with Gasteiger partial charge in [0.25, 0.3) is 0 Å². The van der Waals surface area contributed by atoms with Gasteiger partial charge in [-0.2, -0.15) is 0 Å². The van der Waals surface area contributed by atoms with Crippen LogP contribution in [0.3, 0.4) is 0 Å². The molecule has 0 saturated carbocycles. The Morgan fingerprint density at radius 1 is 0.808 bits per heavy atom. The number of rotatable bonds is 11. The zero-order valence-electron chi connectivity index (χ0n) is 20.6. The van der Waals surface area contributed by atoms with Crippen LogP contribution in [-0.4, -0.2) is 35.7 Å². The zero-order valence-corrected chi connectivity index (χ0v) is 23.6. The van der Waals surface area contributed by atoms with Crippen molar-refractivity contribution in [3.8, 4) is 0 Å². The molecule has 0 bridgehead atoms. The van der Waals surface area contributed by atoms with E-state index in [0.717, 1.165) is 12.0 Å². The van der Waals surface area contributed by atoms with Crippen molar-refractivity contribution in [2.75, 3.05) is 0 Å². The minimum absolute atomic E-state index is 0.0156. The minimum atomic E-state index is -1.99. The number of hydrogen-bond donors (Lipinski definition) is 0. The highest BCUT2D eigenvalue weighted by Gasteiger charge is 2.51. The lowest BCUT2D eigenvalue weighted by atomic mass is 10.1. The van der Waals surface area contributed by atoms with Crippen molar-refractivity contribution in [1.82, 2.24) is 0 Å². The zero-order chi connectivity index (χ0) is 21.2. The van der Waals surface area contributed by atoms with Gasteiger partial charge in [0.2, 0.25) is 8.32 Å². The largest absolute Gasteiger partial charge is 0.414 e. The van der Waals surface area contributed by atoms with E-state index in [0.29, 0.717) is 0 Å². The molecule has 0 heterocycles. The second-order valence-electron chi connectivity index (χ2n) is 10.8. The van der Waals surface area contributed by atoms with E-state index in [9.17, 15) is 0 Å². The molecule has 0 aliphatic rings. The molecule has 26 heavy (non-hydrogen) atoms. The summed E-state index contributed by atoms with van der Waals surface area (Å²) in [5.41, 5.74) is 0.987. The maximum absolute atomic E-state index is 7.11. The molecule has 0 N–H and O–H groups in total. The van der Waals surface area contributed by atoms with Crippen LogP contribution in [0, 0.1) is 0 Å². The van der Waals surface area contributed by atoms with Gasteiger partial charge < -0.3 is 8.85 Å². The molecule has 0 spiro atoms. The van der Waals surface area contributed by atoms with Crippen LogP contribution in [0.2, 0.25) is 49.9 Å². The van der Waals surface area contributed by atoms with Crippen molar-refractivity contribution in [2.45, 2.75) is 135 Å². The lowest BCUT2D eigenvalue weighted by Crippen LogP contribution is -2.63. The Morgan fingerprint density at radius 3 is 1.62 bits per heavy atom. The van der Waals surface area contributed by atoms with E-state index in [1.54, 1.807) is 0 Å². The predicted molar refractivity (Wildman–Crippen MR) is 127 cm³/mol. The molecule has 0 amide bonds. The topological polar surface area (TPSA) is 18.5 Å². The average Bonchev–Trinajstić information content (AvgIpc) is 2.52. The summed E-state index contributed by atoms with van der Waals surface area (Å²) in [5.74, 6) is 0. The first-order valence-corrected chi connectivity index (χ1v) is 19.8. The molecule has 0 fully saturated rings. The van der Waals surface area contributed by atoms with Crippen molar-refractivity contribution in [2.24, 2.45) is 0 Å². The molecule has 0 radical (unpaired) electrons. The molecule has 158 valence electrons. The van der Waals surface area contributed by atoms with E-state index in [1.165, 1.54) is 12.8 Å². The third kappa shape index (κ3) is 5.56. The fourth-order valence-corrected chi connectivity index (χ4v) is 13.9. The summed E-state index contributed by atoms with van der Waals surface area (Å²) in [6.07, 6.45) is 3.51.